The van der Waals surface area contributed by atoms with E-state index in [1.165, 1.54) is 22.2 Å². The van der Waals surface area contributed by atoms with Gasteiger partial charge in [-0.2, -0.15) is 5.10 Å². The molecule has 3 aromatic rings. The van der Waals surface area contributed by atoms with E-state index in [1.54, 1.807) is 0 Å². The van der Waals surface area contributed by atoms with Crippen molar-refractivity contribution in [2.45, 2.75) is 40.0 Å². The van der Waals surface area contributed by atoms with Crippen LogP contribution in [0.4, 0.5) is 5.82 Å². The van der Waals surface area contributed by atoms with Crippen molar-refractivity contribution in [2.24, 2.45) is 7.05 Å². The summed E-state index contributed by atoms with van der Waals surface area (Å²) < 4.78 is 2.04. The van der Waals surface area contributed by atoms with Crippen LogP contribution in [0.2, 0.25) is 0 Å². The first-order valence-corrected chi connectivity index (χ1v) is 9.77. The van der Waals surface area contributed by atoms with E-state index < -0.39 is 0 Å². The molecule has 0 aliphatic heterocycles. The number of aromatic nitrogens is 3. The molecule has 0 saturated carbocycles. The van der Waals surface area contributed by atoms with E-state index in [0.717, 1.165) is 41.7 Å². The van der Waals surface area contributed by atoms with Crippen LogP contribution in [0.1, 0.15) is 44.4 Å². The number of anilines is 1. The highest BCUT2D eigenvalue weighted by atomic mass is 15.3. The maximum atomic E-state index is 4.91. The Morgan fingerprint density at radius 2 is 1.96 bits per heavy atom. The van der Waals surface area contributed by atoms with E-state index in [0.29, 0.717) is 0 Å². The molecule has 0 saturated heterocycles. The van der Waals surface area contributed by atoms with Crippen LogP contribution in [-0.2, 0) is 7.05 Å². The Morgan fingerprint density at radius 1 is 1.19 bits per heavy atom. The number of aryl methyl sites for hydroxylation is 2. The molecule has 27 heavy (non-hydrogen) atoms. The second-order valence-electron chi connectivity index (χ2n) is 7.31. The average Bonchev–Trinajstić information content (AvgIpc) is 2.97. The molecular formula is C23H30N4. The molecular weight excluding hydrogens is 332 g/mol. The number of nitrogens with zero attached hydrogens (tertiary/aromatic N) is 4. The molecule has 4 nitrogen and oxygen atoms in total. The summed E-state index contributed by atoms with van der Waals surface area (Å²) in [5, 5.41) is 6.13. The minimum Gasteiger partial charge on any atom is -0.363 e. The van der Waals surface area contributed by atoms with Gasteiger partial charge in [-0.3, -0.25) is 4.68 Å². The van der Waals surface area contributed by atoms with Crippen LogP contribution in [0.15, 0.2) is 36.5 Å². The van der Waals surface area contributed by atoms with Crippen LogP contribution >= 0.6 is 0 Å². The van der Waals surface area contributed by atoms with Crippen molar-refractivity contribution in [1.29, 1.82) is 0 Å². The van der Waals surface area contributed by atoms with E-state index in [2.05, 4.69) is 63.1 Å². The van der Waals surface area contributed by atoms with E-state index in [1.807, 2.05) is 29.9 Å². The molecule has 0 aliphatic carbocycles. The van der Waals surface area contributed by atoms with Crippen LogP contribution in [0, 0.1) is 6.92 Å². The topological polar surface area (TPSA) is 34.0 Å². The molecule has 0 spiro atoms. The molecule has 0 radical (unpaired) electrons. The van der Waals surface area contributed by atoms with Crippen molar-refractivity contribution in [3.63, 3.8) is 0 Å². The van der Waals surface area contributed by atoms with Crippen LogP contribution in [0.5, 0.6) is 0 Å². The Kier molecular flexibility index (Phi) is 5.64. The van der Waals surface area contributed by atoms with Gasteiger partial charge in [-0.05, 0) is 37.0 Å². The van der Waals surface area contributed by atoms with Gasteiger partial charge in [0.1, 0.15) is 11.3 Å². The molecule has 1 aromatic carbocycles. The van der Waals surface area contributed by atoms with Crippen molar-refractivity contribution in [3.8, 4) is 11.1 Å². The van der Waals surface area contributed by atoms with Gasteiger partial charge in [0.15, 0.2) is 0 Å². The zero-order valence-electron chi connectivity index (χ0n) is 17.4. The van der Waals surface area contributed by atoms with E-state index in [4.69, 9.17) is 5.10 Å². The van der Waals surface area contributed by atoms with E-state index in [-0.39, 0.29) is 0 Å². The van der Waals surface area contributed by atoms with E-state index in [9.17, 15) is 0 Å². The van der Waals surface area contributed by atoms with Crippen molar-refractivity contribution in [1.82, 2.24) is 14.8 Å². The normalized spacial score (nSPS) is 12.0. The molecule has 0 unspecified atom stereocenters. The third kappa shape index (κ3) is 3.61. The lowest BCUT2D eigenvalue weighted by molar-refractivity contribution is 0.760. The first kappa shape index (κ1) is 19.2. The molecule has 0 bridgehead atoms. The number of pyridine rings is 1. The van der Waals surface area contributed by atoms with Gasteiger partial charge in [0.2, 0.25) is 0 Å². The lowest BCUT2D eigenvalue weighted by Crippen LogP contribution is -2.10. The standard InChI is InChI=1S/C23H30N4/c1-7-10-17(11-8-2)23-19-13-9-12-18(22(19)25-27(23)6)20-15-24-21(26(4)5)14-16(20)3/h9-10,12-15H,7-8,11H2,1-6H3. The second-order valence-corrected chi connectivity index (χ2v) is 7.31. The fourth-order valence-corrected chi connectivity index (χ4v) is 3.72. The zero-order valence-corrected chi connectivity index (χ0v) is 17.4. The molecule has 4 heteroatoms. The summed E-state index contributed by atoms with van der Waals surface area (Å²) in [7, 11) is 6.09. The molecule has 0 fully saturated rings. The minimum atomic E-state index is 0.973. The van der Waals surface area contributed by atoms with Crippen LogP contribution < -0.4 is 4.90 Å². The van der Waals surface area contributed by atoms with Crippen molar-refractivity contribution in [3.05, 3.63) is 47.8 Å². The fourth-order valence-electron chi connectivity index (χ4n) is 3.72. The molecule has 0 atom stereocenters. The number of fused-ring (bicyclic) bond motifs is 1. The highest BCUT2D eigenvalue weighted by Gasteiger charge is 2.17. The smallest absolute Gasteiger partial charge is 0.128 e. The minimum absolute atomic E-state index is 0.973. The maximum absolute atomic E-state index is 4.91. The van der Waals surface area contributed by atoms with Gasteiger partial charge in [-0.15, -0.1) is 0 Å². The van der Waals surface area contributed by atoms with Gasteiger partial charge in [-0.1, -0.05) is 44.5 Å². The number of benzene rings is 1. The summed E-state index contributed by atoms with van der Waals surface area (Å²) in [6, 6.07) is 8.62. The Hall–Kier alpha value is -2.62. The summed E-state index contributed by atoms with van der Waals surface area (Å²) in [5.74, 6) is 0.973. The van der Waals surface area contributed by atoms with Gasteiger partial charge in [0.25, 0.3) is 0 Å². The lowest BCUT2D eigenvalue weighted by atomic mass is 9.97. The SMILES string of the molecule is CCC=C(CCC)c1c2cccc(-c3cnc(N(C)C)cc3C)c2nn1C. The van der Waals surface area contributed by atoms with Gasteiger partial charge in [-0.25, -0.2) is 4.98 Å². The molecule has 0 aliphatic rings. The van der Waals surface area contributed by atoms with Crippen LogP contribution in [0.25, 0.3) is 27.6 Å². The lowest BCUT2D eigenvalue weighted by Gasteiger charge is -2.14. The molecule has 2 aromatic heterocycles. The zero-order chi connectivity index (χ0) is 19.6. The maximum Gasteiger partial charge on any atom is 0.128 e. The molecule has 0 amide bonds. The van der Waals surface area contributed by atoms with Crippen LogP contribution in [0.3, 0.4) is 0 Å². The average molecular weight is 363 g/mol. The molecule has 0 N–H and O–H groups in total. The monoisotopic (exact) mass is 362 g/mol. The molecule has 142 valence electrons. The Morgan fingerprint density at radius 3 is 2.59 bits per heavy atom. The largest absolute Gasteiger partial charge is 0.363 e. The summed E-state index contributed by atoms with van der Waals surface area (Å²) in [6.45, 7) is 6.57. The number of allylic oxidation sites excluding steroid dienone is 2. The van der Waals surface area contributed by atoms with Gasteiger partial charge in [0, 0.05) is 43.9 Å². The number of rotatable bonds is 6. The molecule has 3 rings (SSSR count). The summed E-state index contributed by atoms with van der Waals surface area (Å²) in [5.41, 5.74) is 7.19. The number of hydrogen-bond donors (Lipinski definition) is 0. The predicted octanol–water partition coefficient (Wildman–Crippen LogP) is 5.60. The van der Waals surface area contributed by atoms with Crippen molar-refractivity contribution >= 4 is 22.3 Å². The first-order valence-electron chi connectivity index (χ1n) is 9.77. The third-order valence-electron chi connectivity index (χ3n) is 4.98. The predicted molar refractivity (Wildman–Crippen MR) is 116 cm³/mol. The third-order valence-corrected chi connectivity index (χ3v) is 4.98. The number of hydrogen-bond acceptors (Lipinski definition) is 3. The first-order chi connectivity index (χ1) is 13.0. The van der Waals surface area contributed by atoms with E-state index >= 15 is 0 Å². The highest BCUT2D eigenvalue weighted by molar-refractivity contribution is 6.00. The Balaban J connectivity index is 2.20. The summed E-state index contributed by atoms with van der Waals surface area (Å²) in [4.78, 5) is 6.66. The second kappa shape index (κ2) is 7.95. The van der Waals surface area contributed by atoms with Crippen LogP contribution in [-0.4, -0.2) is 28.9 Å². The molecule has 2 heterocycles. The Bertz CT molecular complexity index is 979. The fraction of sp³-hybridized carbons (Fsp3) is 0.391. The Labute approximate surface area is 162 Å². The highest BCUT2D eigenvalue weighted by Crippen LogP contribution is 2.35. The van der Waals surface area contributed by atoms with Gasteiger partial charge >= 0.3 is 0 Å². The van der Waals surface area contributed by atoms with Crippen molar-refractivity contribution in [2.75, 3.05) is 19.0 Å². The van der Waals surface area contributed by atoms with Gasteiger partial charge in [0.05, 0.1) is 5.69 Å². The summed E-state index contributed by atoms with van der Waals surface area (Å²) >= 11 is 0. The van der Waals surface area contributed by atoms with Gasteiger partial charge < -0.3 is 4.90 Å². The quantitative estimate of drug-likeness (QED) is 0.572. The summed E-state index contributed by atoms with van der Waals surface area (Å²) in [6.07, 6.45) is 7.56. The van der Waals surface area contributed by atoms with Crippen molar-refractivity contribution < 1.29 is 0 Å².